The molecule has 3 N–H and O–H groups in total. The van der Waals surface area contributed by atoms with Crippen molar-refractivity contribution in [2.24, 2.45) is 5.73 Å². The van der Waals surface area contributed by atoms with Gasteiger partial charge in [0.05, 0.1) is 19.8 Å². The molecular weight excluding hydrogens is 230 g/mol. The second-order valence-corrected chi connectivity index (χ2v) is 3.94. The molecule has 0 aromatic carbocycles. The van der Waals surface area contributed by atoms with Crippen LogP contribution in [0.15, 0.2) is 18.3 Å². The number of hydrogen-bond donors (Lipinski definition) is 2. The molecule has 0 unspecified atom stereocenters. The number of rotatable bonds is 9. The molecule has 0 fully saturated rings. The fourth-order valence-electron chi connectivity index (χ4n) is 1.45. The van der Waals surface area contributed by atoms with Gasteiger partial charge in [0.25, 0.3) is 0 Å². The van der Waals surface area contributed by atoms with Crippen LogP contribution in [0.1, 0.15) is 31.0 Å². The highest BCUT2D eigenvalue weighted by molar-refractivity contribution is 5.94. The van der Waals surface area contributed by atoms with Crippen LogP contribution < -0.4 is 5.73 Å². The van der Waals surface area contributed by atoms with Gasteiger partial charge in [0.15, 0.2) is 0 Å². The van der Waals surface area contributed by atoms with Crippen molar-refractivity contribution in [1.29, 1.82) is 5.41 Å². The van der Waals surface area contributed by atoms with Gasteiger partial charge in [-0.1, -0.05) is 19.4 Å². The fourth-order valence-corrected chi connectivity index (χ4v) is 1.45. The number of hydrogen-bond acceptors (Lipinski definition) is 4. The lowest BCUT2D eigenvalue weighted by atomic mass is 10.2. The summed E-state index contributed by atoms with van der Waals surface area (Å²) in [6.07, 6.45) is 3.84. The highest BCUT2D eigenvalue weighted by atomic mass is 16.5. The van der Waals surface area contributed by atoms with Crippen molar-refractivity contribution in [3.63, 3.8) is 0 Å². The summed E-state index contributed by atoms with van der Waals surface area (Å²) >= 11 is 0. The number of unbranched alkanes of at least 4 members (excludes halogenated alkanes) is 1. The smallest absolute Gasteiger partial charge is 0.142 e. The molecular formula is C13H21N3O2. The SMILES string of the molecule is CCCCOCCOCc1cccnc1C(=N)N. The molecule has 0 saturated heterocycles. The Morgan fingerprint density at radius 3 is 2.83 bits per heavy atom. The normalized spacial score (nSPS) is 10.5. The van der Waals surface area contributed by atoms with Gasteiger partial charge in [-0.05, 0) is 12.5 Å². The van der Waals surface area contributed by atoms with Crippen LogP contribution in [0.5, 0.6) is 0 Å². The van der Waals surface area contributed by atoms with Gasteiger partial charge in [-0.25, -0.2) is 0 Å². The van der Waals surface area contributed by atoms with Gasteiger partial charge in [0, 0.05) is 18.4 Å². The average Bonchev–Trinajstić information content (AvgIpc) is 2.38. The largest absolute Gasteiger partial charge is 0.382 e. The molecule has 0 radical (unpaired) electrons. The fraction of sp³-hybridized carbons (Fsp3) is 0.538. The van der Waals surface area contributed by atoms with Crippen molar-refractivity contribution in [2.75, 3.05) is 19.8 Å². The highest BCUT2D eigenvalue weighted by Crippen LogP contribution is 2.06. The molecule has 18 heavy (non-hydrogen) atoms. The Bertz CT molecular complexity index is 369. The Balaban J connectivity index is 2.25. The predicted molar refractivity (Wildman–Crippen MR) is 70.6 cm³/mol. The Kier molecular flexibility index (Phi) is 6.98. The lowest BCUT2D eigenvalue weighted by Gasteiger charge is -2.08. The molecule has 0 aliphatic rings. The first-order valence-corrected chi connectivity index (χ1v) is 6.19. The van der Waals surface area contributed by atoms with E-state index in [0.29, 0.717) is 25.5 Å². The van der Waals surface area contributed by atoms with Gasteiger partial charge in [-0.15, -0.1) is 0 Å². The lowest BCUT2D eigenvalue weighted by Crippen LogP contribution is -2.16. The summed E-state index contributed by atoms with van der Waals surface area (Å²) in [5.41, 5.74) is 6.76. The van der Waals surface area contributed by atoms with E-state index in [-0.39, 0.29) is 5.84 Å². The van der Waals surface area contributed by atoms with Crippen molar-refractivity contribution in [3.8, 4) is 0 Å². The van der Waals surface area contributed by atoms with Crippen LogP contribution in [-0.4, -0.2) is 30.6 Å². The minimum Gasteiger partial charge on any atom is -0.382 e. The molecule has 1 aromatic heterocycles. The first kappa shape index (κ1) is 14.6. The third-order valence-corrected chi connectivity index (χ3v) is 2.42. The van der Waals surface area contributed by atoms with E-state index >= 15 is 0 Å². The molecule has 1 rings (SSSR count). The van der Waals surface area contributed by atoms with Gasteiger partial charge in [-0.3, -0.25) is 10.4 Å². The molecule has 0 bridgehead atoms. The van der Waals surface area contributed by atoms with Crippen molar-refractivity contribution in [1.82, 2.24) is 4.98 Å². The molecule has 0 amide bonds. The van der Waals surface area contributed by atoms with Crippen LogP contribution in [0.2, 0.25) is 0 Å². The van der Waals surface area contributed by atoms with Gasteiger partial charge >= 0.3 is 0 Å². The van der Waals surface area contributed by atoms with E-state index < -0.39 is 0 Å². The maximum absolute atomic E-state index is 7.40. The minimum atomic E-state index is -0.0339. The second-order valence-electron chi connectivity index (χ2n) is 3.94. The number of nitrogen functional groups attached to an aromatic ring is 1. The Morgan fingerprint density at radius 2 is 2.11 bits per heavy atom. The molecule has 0 saturated carbocycles. The molecule has 0 spiro atoms. The van der Waals surface area contributed by atoms with E-state index in [1.807, 2.05) is 12.1 Å². The zero-order valence-electron chi connectivity index (χ0n) is 10.8. The molecule has 100 valence electrons. The molecule has 0 aliphatic heterocycles. The van der Waals surface area contributed by atoms with E-state index in [2.05, 4.69) is 11.9 Å². The summed E-state index contributed by atoms with van der Waals surface area (Å²) in [7, 11) is 0. The van der Waals surface area contributed by atoms with Crippen LogP contribution >= 0.6 is 0 Å². The maximum atomic E-state index is 7.40. The van der Waals surface area contributed by atoms with Crippen molar-refractivity contribution < 1.29 is 9.47 Å². The molecule has 0 atom stereocenters. The summed E-state index contributed by atoms with van der Waals surface area (Å²) in [4.78, 5) is 4.06. The molecule has 5 nitrogen and oxygen atoms in total. The van der Waals surface area contributed by atoms with E-state index in [0.717, 1.165) is 25.0 Å². The van der Waals surface area contributed by atoms with E-state index in [1.165, 1.54) is 0 Å². The van der Waals surface area contributed by atoms with Gasteiger partial charge in [0.1, 0.15) is 11.5 Å². The molecule has 0 aliphatic carbocycles. The Morgan fingerprint density at radius 1 is 1.33 bits per heavy atom. The van der Waals surface area contributed by atoms with Gasteiger partial charge < -0.3 is 15.2 Å². The van der Waals surface area contributed by atoms with Crippen molar-refractivity contribution >= 4 is 5.84 Å². The van der Waals surface area contributed by atoms with Crippen LogP contribution in [0, 0.1) is 5.41 Å². The van der Waals surface area contributed by atoms with Gasteiger partial charge in [0.2, 0.25) is 0 Å². The topological polar surface area (TPSA) is 81.2 Å². The standard InChI is InChI=1S/C13H21N3O2/c1-2-3-7-17-8-9-18-10-11-5-4-6-16-12(11)13(14)15/h4-6H,2-3,7-10H2,1H3,(H3,14,15). The van der Waals surface area contributed by atoms with Crippen LogP contribution in [0.4, 0.5) is 0 Å². The summed E-state index contributed by atoms with van der Waals surface area (Å²) < 4.78 is 10.9. The summed E-state index contributed by atoms with van der Waals surface area (Å²) in [5.74, 6) is -0.0339. The summed E-state index contributed by atoms with van der Waals surface area (Å²) in [6, 6.07) is 3.67. The summed E-state index contributed by atoms with van der Waals surface area (Å²) in [6.45, 7) is 4.45. The van der Waals surface area contributed by atoms with E-state index in [9.17, 15) is 0 Å². The van der Waals surface area contributed by atoms with Crippen LogP contribution in [-0.2, 0) is 16.1 Å². The van der Waals surface area contributed by atoms with E-state index in [4.69, 9.17) is 20.6 Å². The van der Waals surface area contributed by atoms with Crippen LogP contribution in [0.3, 0.4) is 0 Å². The third kappa shape index (κ3) is 5.25. The lowest BCUT2D eigenvalue weighted by molar-refractivity contribution is 0.0395. The number of nitrogens with one attached hydrogen (secondary N) is 1. The average molecular weight is 251 g/mol. The number of ether oxygens (including phenoxy) is 2. The third-order valence-electron chi connectivity index (χ3n) is 2.42. The first-order valence-electron chi connectivity index (χ1n) is 6.19. The van der Waals surface area contributed by atoms with Gasteiger partial charge in [-0.2, -0.15) is 0 Å². The predicted octanol–water partition coefficient (Wildman–Crippen LogP) is 1.70. The number of nitrogens with two attached hydrogens (primary N) is 1. The number of amidine groups is 1. The summed E-state index contributed by atoms with van der Waals surface area (Å²) in [5, 5.41) is 7.40. The Labute approximate surface area is 108 Å². The minimum absolute atomic E-state index is 0.0339. The van der Waals surface area contributed by atoms with Crippen LogP contribution in [0.25, 0.3) is 0 Å². The molecule has 5 heteroatoms. The zero-order valence-corrected chi connectivity index (χ0v) is 10.8. The number of nitrogens with zero attached hydrogens (tertiary/aromatic N) is 1. The van der Waals surface area contributed by atoms with Crippen molar-refractivity contribution in [2.45, 2.75) is 26.4 Å². The molecule has 1 heterocycles. The maximum Gasteiger partial charge on any atom is 0.142 e. The van der Waals surface area contributed by atoms with Crippen molar-refractivity contribution in [3.05, 3.63) is 29.6 Å². The number of aromatic nitrogens is 1. The zero-order chi connectivity index (χ0) is 13.2. The monoisotopic (exact) mass is 251 g/mol. The first-order chi connectivity index (χ1) is 8.75. The quantitative estimate of drug-likeness (QED) is 0.397. The molecule has 1 aromatic rings. The highest BCUT2D eigenvalue weighted by Gasteiger charge is 2.05. The van der Waals surface area contributed by atoms with E-state index in [1.54, 1.807) is 6.20 Å². The second kappa shape index (κ2) is 8.60. The number of pyridine rings is 1. The Hall–Kier alpha value is -1.46.